The number of anilines is 1. The first-order valence-corrected chi connectivity index (χ1v) is 8.14. The SMILES string of the molecule is O=C(Nc1cccc(F)c1)c1cccnc1OC1CCSC1. The maximum atomic E-state index is 13.2. The van der Waals surface area contributed by atoms with E-state index < -0.39 is 5.82 Å². The number of ether oxygens (including phenoxy) is 1. The summed E-state index contributed by atoms with van der Waals surface area (Å²) in [6.07, 6.45) is 2.63. The van der Waals surface area contributed by atoms with Crippen molar-refractivity contribution in [3.63, 3.8) is 0 Å². The number of nitrogens with zero attached hydrogens (tertiary/aromatic N) is 1. The molecule has 0 spiro atoms. The second kappa shape index (κ2) is 6.79. The number of pyridine rings is 1. The lowest BCUT2D eigenvalue weighted by molar-refractivity contribution is 0.101. The average molecular weight is 318 g/mol. The number of aromatic nitrogens is 1. The summed E-state index contributed by atoms with van der Waals surface area (Å²) in [4.78, 5) is 16.5. The third-order valence-corrected chi connectivity index (χ3v) is 4.40. The van der Waals surface area contributed by atoms with Crippen LogP contribution in [-0.2, 0) is 0 Å². The Kier molecular flexibility index (Phi) is 4.58. The Morgan fingerprint density at radius 1 is 1.36 bits per heavy atom. The summed E-state index contributed by atoms with van der Waals surface area (Å²) in [6.45, 7) is 0. The molecule has 2 aromatic rings. The molecule has 1 unspecified atom stereocenters. The van der Waals surface area contributed by atoms with E-state index in [1.54, 1.807) is 30.5 Å². The predicted octanol–water partition coefficient (Wildman–Crippen LogP) is 3.36. The summed E-state index contributed by atoms with van der Waals surface area (Å²) in [5.74, 6) is 1.52. The molecule has 22 heavy (non-hydrogen) atoms. The van der Waals surface area contributed by atoms with E-state index in [4.69, 9.17) is 4.74 Å². The fourth-order valence-corrected chi connectivity index (χ4v) is 3.28. The van der Waals surface area contributed by atoms with E-state index >= 15 is 0 Å². The molecule has 1 amide bonds. The van der Waals surface area contributed by atoms with Gasteiger partial charge in [0.2, 0.25) is 5.88 Å². The normalized spacial score (nSPS) is 17.2. The van der Waals surface area contributed by atoms with Gasteiger partial charge in [0.15, 0.2) is 0 Å². The molecular formula is C16H15FN2O2S. The first-order valence-electron chi connectivity index (χ1n) is 6.99. The van der Waals surface area contributed by atoms with Crippen molar-refractivity contribution in [2.24, 2.45) is 0 Å². The van der Waals surface area contributed by atoms with E-state index in [9.17, 15) is 9.18 Å². The van der Waals surface area contributed by atoms with Gasteiger partial charge in [0.1, 0.15) is 17.5 Å². The molecule has 1 fully saturated rings. The summed E-state index contributed by atoms with van der Waals surface area (Å²) >= 11 is 1.82. The smallest absolute Gasteiger partial charge is 0.261 e. The van der Waals surface area contributed by atoms with Crippen molar-refractivity contribution >= 4 is 23.4 Å². The van der Waals surface area contributed by atoms with Crippen LogP contribution in [0.15, 0.2) is 42.6 Å². The summed E-state index contributed by atoms with van der Waals surface area (Å²) in [6, 6.07) is 9.09. The van der Waals surface area contributed by atoms with Crippen LogP contribution in [0.2, 0.25) is 0 Å². The molecule has 3 rings (SSSR count). The van der Waals surface area contributed by atoms with Crippen LogP contribution in [0.5, 0.6) is 5.88 Å². The maximum Gasteiger partial charge on any atom is 0.261 e. The van der Waals surface area contributed by atoms with Crippen molar-refractivity contribution in [3.05, 3.63) is 54.0 Å². The Hall–Kier alpha value is -2.08. The highest BCUT2D eigenvalue weighted by Gasteiger charge is 2.21. The van der Waals surface area contributed by atoms with Gasteiger partial charge < -0.3 is 10.1 Å². The van der Waals surface area contributed by atoms with Gasteiger partial charge in [-0.1, -0.05) is 6.07 Å². The number of carbonyl (C=O) groups excluding carboxylic acids is 1. The summed E-state index contributed by atoms with van der Waals surface area (Å²) < 4.78 is 19.0. The standard InChI is InChI=1S/C16H15FN2O2S/c17-11-3-1-4-12(9-11)19-15(20)14-5-2-7-18-16(14)21-13-6-8-22-10-13/h1-5,7,9,13H,6,8,10H2,(H,19,20). The van der Waals surface area contributed by atoms with Crippen LogP contribution in [0.25, 0.3) is 0 Å². The molecule has 0 bridgehead atoms. The minimum absolute atomic E-state index is 0.0839. The Bertz CT molecular complexity index is 675. The van der Waals surface area contributed by atoms with Crippen molar-refractivity contribution in [2.45, 2.75) is 12.5 Å². The fourth-order valence-electron chi connectivity index (χ4n) is 2.19. The molecule has 114 valence electrons. The van der Waals surface area contributed by atoms with Gasteiger partial charge in [-0.2, -0.15) is 11.8 Å². The summed E-state index contributed by atoms with van der Waals surface area (Å²) in [5, 5.41) is 2.66. The van der Waals surface area contributed by atoms with Gasteiger partial charge >= 0.3 is 0 Å². The van der Waals surface area contributed by atoms with E-state index in [1.807, 2.05) is 11.8 Å². The molecule has 0 aliphatic carbocycles. The Balaban J connectivity index is 1.76. The molecule has 1 aromatic carbocycles. The van der Waals surface area contributed by atoms with E-state index in [1.165, 1.54) is 12.1 Å². The molecule has 1 N–H and O–H groups in total. The number of thioether (sulfide) groups is 1. The lowest BCUT2D eigenvalue weighted by Gasteiger charge is -2.14. The largest absolute Gasteiger partial charge is 0.473 e. The lowest BCUT2D eigenvalue weighted by Crippen LogP contribution is -2.20. The third-order valence-electron chi connectivity index (χ3n) is 3.26. The van der Waals surface area contributed by atoms with Crippen LogP contribution in [-0.4, -0.2) is 28.5 Å². The minimum atomic E-state index is -0.400. The second-order valence-electron chi connectivity index (χ2n) is 4.92. The maximum absolute atomic E-state index is 13.2. The number of nitrogens with one attached hydrogen (secondary N) is 1. The van der Waals surface area contributed by atoms with E-state index in [0.29, 0.717) is 17.1 Å². The molecule has 6 heteroatoms. The summed E-state index contributed by atoms with van der Waals surface area (Å²) in [7, 11) is 0. The van der Waals surface area contributed by atoms with E-state index in [-0.39, 0.29) is 12.0 Å². The zero-order valence-electron chi connectivity index (χ0n) is 11.8. The molecule has 0 radical (unpaired) electrons. The number of benzene rings is 1. The zero-order chi connectivity index (χ0) is 15.4. The molecule has 1 atom stereocenters. The Morgan fingerprint density at radius 3 is 3.05 bits per heavy atom. The van der Waals surface area contributed by atoms with Crippen LogP contribution in [0.4, 0.5) is 10.1 Å². The van der Waals surface area contributed by atoms with E-state index in [2.05, 4.69) is 10.3 Å². The highest BCUT2D eigenvalue weighted by Crippen LogP contribution is 2.24. The van der Waals surface area contributed by atoms with Gasteiger partial charge in [-0.05, 0) is 42.5 Å². The second-order valence-corrected chi connectivity index (χ2v) is 6.07. The number of hydrogen-bond acceptors (Lipinski definition) is 4. The van der Waals surface area contributed by atoms with Crippen molar-refractivity contribution in [1.29, 1.82) is 0 Å². The van der Waals surface area contributed by atoms with Crippen LogP contribution < -0.4 is 10.1 Å². The quantitative estimate of drug-likeness (QED) is 0.939. The topological polar surface area (TPSA) is 51.2 Å². The number of hydrogen-bond donors (Lipinski definition) is 1. The molecule has 1 aromatic heterocycles. The molecule has 1 aliphatic rings. The van der Waals surface area contributed by atoms with Gasteiger partial charge in [0.05, 0.1) is 0 Å². The van der Waals surface area contributed by atoms with Crippen LogP contribution in [0.1, 0.15) is 16.8 Å². The van der Waals surface area contributed by atoms with Crippen LogP contribution in [0, 0.1) is 5.82 Å². The number of amides is 1. The Morgan fingerprint density at radius 2 is 2.27 bits per heavy atom. The van der Waals surface area contributed by atoms with Crippen molar-refractivity contribution in [1.82, 2.24) is 4.98 Å². The number of carbonyl (C=O) groups is 1. The molecule has 4 nitrogen and oxygen atoms in total. The van der Waals surface area contributed by atoms with Crippen molar-refractivity contribution in [3.8, 4) is 5.88 Å². The highest BCUT2D eigenvalue weighted by molar-refractivity contribution is 7.99. The van der Waals surface area contributed by atoms with Gasteiger partial charge in [0, 0.05) is 17.6 Å². The van der Waals surface area contributed by atoms with Gasteiger partial charge in [0.25, 0.3) is 5.91 Å². The van der Waals surface area contributed by atoms with Gasteiger partial charge in [-0.15, -0.1) is 0 Å². The number of halogens is 1. The monoisotopic (exact) mass is 318 g/mol. The molecule has 1 aliphatic heterocycles. The third kappa shape index (κ3) is 3.57. The minimum Gasteiger partial charge on any atom is -0.473 e. The molecule has 2 heterocycles. The van der Waals surface area contributed by atoms with Crippen molar-refractivity contribution in [2.75, 3.05) is 16.8 Å². The predicted molar refractivity (Wildman–Crippen MR) is 84.9 cm³/mol. The van der Waals surface area contributed by atoms with E-state index in [0.717, 1.165) is 17.9 Å². The average Bonchev–Trinajstić information content (AvgIpc) is 3.01. The van der Waals surface area contributed by atoms with Gasteiger partial charge in [-0.3, -0.25) is 4.79 Å². The first kappa shape index (κ1) is 14.8. The lowest BCUT2D eigenvalue weighted by atomic mass is 10.2. The Labute approximate surface area is 132 Å². The first-order chi connectivity index (χ1) is 10.7. The van der Waals surface area contributed by atoms with Crippen molar-refractivity contribution < 1.29 is 13.9 Å². The van der Waals surface area contributed by atoms with Crippen LogP contribution in [0.3, 0.4) is 0 Å². The zero-order valence-corrected chi connectivity index (χ0v) is 12.6. The molecule has 0 saturated carbocycles. The van der Waals surface area contributed by atoms with Crippen LogP contribution >= 0.6 is 11.8 Å². The fraction of sp³-hybridized carbons (Fsp3) is 0.250. The molecule has 1 saturated heterocycles. The highest BCUT2D eigenvalue weighted by atomic mass is 32.2. The van der Waals surface area contributed by atoms with Gasteiger partial charge in [-0.25, -0.2) is 9.37 Å². The summed E-state index contributed by atoms with van der Waals surface area (Å²) in [5.41, 5.74) is 0.750. The molecular weight excluding hydrogens is 303 g/mol. The number of rotatable bonds is 4.